The monoisotopic (exact) mass is 391 g/mol. The number of Topliss-reactive ketones (excluding diaryl/α,β-unsaturated/α-hetero) is 1. The summed E-state index contributed by atoms with van der Waals surface area (Å²) < 4.78 is 16.1. The predicted octanol–water partition coefficient (Wildman–Crippen LogP) is 4.66. The molecule has 0 bridgehead atoms. The molecule has 0 aliphatic heterocycles. The third kappa shape index (κ3) is 3.43. The second kappa shape index (κ2) is 7.93. The van der Waals surface area contributed by atoms with Crippen LogP contribution in [0.15, 0.2) is 53.1 Å². The molecule has 2 aromatic heterocycles. The molecule has 0 spiro atoms. The molecule has 0 aliphatic rings. The van der Waals surface area contributed by atoms with Crippen molar-refractivity contribution in [3.05, 3.63) is 71.1 Å². The second-order valence-electron chi connectivity index (χ2n) is 6.73. The number of ether oxygens (including phenoxy) is 2. The van der Waals surface area contributed by atoms with Gasteiger partial charge < -0.3 is 18.9 Å². The van der Waals surface area contributed by atoms with E-state index in [4.69, 9.17) is 13.9 Å². The van der Waals surface area contributed by atoms with Crippen molar-refractivity contribution >= 4 is 33.6 Å². The maximum Gasteiger partial charge on any atom is 0.375 e. The summed E-state index contributed by atoms with van der Waals surface area (Å²) in [6.45, 7) is 1.90. The molecular weight excluding hydrogens is 370 g/mol. The van der Waals surface area contributed by atoms with Crippen LogP contribution in [0.4, 0.5) is 0 Å². The number of benzene rings is 2. The number of hydrogen-bond acceptors (Lipinski definition) is 5. The second-order valence-corrected chi connectivity index (χ2v) is 6.73. The van der Waals surface area contributed by atoms with Crippen LogP contribution >= 0.6 is 0 Å². The van der Waals surface area contributed by atoms with Crippen molar-refractivity contribution in [2.24, 2.45) is 0 Å². The summed E-state index contributed by atoms with van der Waals surface area (Å²) in [5, 5.41) is 1.62. The SMILES string of the molecule is CCc1cccc2c(C(=O)COC(=O)c3oc4ccccc4c3COC)c[nH]c12. The molecule has 0 unspecified atom stereocenters. The number of carbonyl (C=O) groups is 2. The first-order chi connectivity index (χ1) is 14.1. The average molecular weight is 391 g/mol. The summed E-state index contributed by atoms with van der Waals surface area (Å²) in [5.74, 6) is -0.897. The molecule has 0 radical (unpaired) electrons. The third-order valence-electron chi connectivity index (χ3n) is 4.99. The largest absolute Gasteiger partial charge is 0.451 e. The van der Waals surface area contributed by atoms with E-state index in [1.807, 2.05) is 36.4 Å². The lowest BCUT2D eigenvalue weighted by Crippen LogP contribution is -2.14. The number of hydrogen-bond donors (Lipinski definition) is 1. The molecule has 0 saturated heterocycles. The van der Waals surface area contributed by atoms with Gasteiger partial charge in [0.1, 0.15) is 5.58 Å². The minimum atomic E-state index is -0.685. The molecule has 0 aliphatic carbocycles. The number of aromatic nitrogens is 1. The topological polar surface area (TPSA) is 81.5 Å². The number of rotatable bonds is 7. The number of H-pyrrole nitrogens is 1. The zero-order valence-corrected chi connectivity index (χ0v) is 16.3. The molecule has 6 nitrogen and oxygen atoms in total. The number of nitrogens with one attached hydrogen (secondary N) is 1. The maximum absolute atomic E-state index is 12.7. The average Bonchev–Trinajstić information content (AvgIpc) is 3.34. The van der Waals surface area contributed by atoms with E-state index >= 15 is 0 Å². The Morgan fingerprint density at radius 3 is 2.66 bits per heavy atom. The Labute approximate surface area is 167 Å². The Morgan fingerprint density at radius 1 is 1.07 bits per heavy atom. The van der Waals surface area contributed by atoms with E-state index in [1.165, 1.54) is 0 Å². The highest BCUT2D eigenvalue weighted by molar-refractivity contribution is 6.09. The van der Waals surface area contributed by atoms with Crippen molar-refractivity contribution in [2.75, 3.05) is 13.7 Å². The lowest BCUT2D eigenvalue weighted by molar-refractivity contribution is 0.0441. The quantitative estimate of drug-likeness (QED) is 0.366. The van der Waals surface area contributed by atoms with Crippen molar-refractivity contribution in [1.82, 2.24) is 4.98 Å². The normalized spacial score (nSPS) is 11.2. The first-order valence-corrected chi connectivity index (χ1v) is 9.42. The number of ketones is 1. The van der Waals surface area contributed by atoms with Gasteiger partial charge in [-0.3, -0.25) is 4.79 Å². The van der Waals surface area contributed by atoms with Crippen LogP contribution < -0.4 is 0 Å². The van der Waals surface area contributed by atoms with E-state index in [0.717, 1.165) is 28.3 Å². The van der Waals surface area contributed by atoms with E-state index in [9.17, 15) is 9.59 Å². The number of methoxy groups -OCH3 is 1. The van der Waals surface area contributed by atoms with Crippen LogP contribution in [-0.4, -0.2) is 30.5 Å². The van der Waals surface area contributed by atoms with Crippen LogP contribution in [0.25, 0.3) is 21.9 Å². The molecule has 6 heteroatoms. The Kier molecular flexibility index (Phi) is 5.18. The summed E-state index contributed by atoms with van der Waals surface area (Å²) in [6, 6.07) is 13.1. The van der Waals surface area contributed by atoms with Gasteiger partial charge in [0.25, 0.3) is 0 Å². The van der Waals surface area contributed by atoms with Gasteiger partial charge in [0, 0.05) is 40.7 Å². The van der Waals surface area contributed by atoms with Crippen molar-refractivity contribution in [1.29, 1.82) is 0 Å². The summed E-state index contributed by atoms with van der Waals surface area (Å²) in [4.78, 5) is 28.5. The zero-order chi connectivity index (χ0) is 20.4. The van der Waals surface area contributed by atoms with Gasteiger partial charge in [0.05, 0.1) is 6.61 Å². The lowest BCUT2D eigenvalue weighted by atomic mass is 10.1. The first-order valence-electron chi connectivity index (χ1n) is 9.42. The van der Waals surface area contributed by atoms with Crippen LogP contribution in [0, 0.1) is 0 Å². The minimum absolute atomic E-state index is 0.0630. The molecule has 0 saturated carbocycles. The van der Waals surface area contributed by atoms with Gasteiger partial charge in [-0.05, 0) is 18.1 Å². The highest BCUT2D eigenvalue weighted by Gasteiger charge is 2.23. The summed E-state index contributed by atoms with van der Waals surface area (Å²) in [5.41, 5.74) is 3.75. The molecule has 4 rings (SSSR count). The fourth-order valence-corrected chi connectivity index (χ4v) is 3.57. The van der Waals surface area contributed by atoms with Crippen LogP contribution in [0.2, 0.25) is 0 Å². The molecule has 0 fully saturated rings. The van der Waals surface area contributed by atoms with E-state index in [1.54, 1.807) is 19.4 Å². The fraction of sp³-hybridized carbons (Fsp3) is 0.217. The fourth-order valence-electron chi connectivity index (χ4n) is 3.57. The van der Waals surface area contributed by atoms with Gasteiger partial charge in [-0.2, -0.15) is 0 Å². The number of para-hydroxylation sites is 2. The molecule has 29 heavy (non-hydrogen) atoms. The van der Waals surface area contributed by atoms with Gasteiger partial charge in [0.15, 0.2) is 6.61 Å². The van der Waals surface area contributed by atoms with Crippen molar-refractivity contribution in [2.45, 2.75) is 20.0 Å². The highest BCUT2D eigenvalue weighted by atomic mass is 16.5. The van der Waals surface area contributed by atoms with E-state index in [-0.39, 0.29) is 24.8 Å². The molecule has 2 heterocycles. The summed E-state index contributed by atoms with van der Waals surface area (Å²) in [6.07, 6.45) is 2.52. The highest BCUT2D eigenvalue weighted by Crippen LogP contribution is 2.27. The number of esters is 1. The molecule has 2 aromatic carbocycles. The standard InChI is InChI=1S/C23H21NO5/c1-3-14-7-6-9-16-17(11-24-21(14)16)19(25)13-28-23(26)22-18(12-27-2)15-8-4-5-10-20(15)29-22/h4-11,24H,3,12-13H2,1-2H3. The molecule has 0 atom stereocenters. The number of furan rings is 1. The van der Waals surface area contributed by atoms with Gasteiger partial charge in [-0.15, -0.1) is 0 Å². The number of carbonyl (C=O) groups excluding carboxylic acids is 2. The lowest BCUT2D eigenvalue weighted by Gasteiger charge is -2.04. The van der Waals surface area contributed by atoms with Gasteiger partial charge >= 0.3 is 5.97 Å². The van der Waals surface area contributed by atoms with E-state index < -0.39 is 5.97 Å². The Bertz CT molecular complexity index is 1200. The minimum Gasteiger partial charge on any atom is -0.451 e. The maximum atomic E-state index is 12.7. The Hall–Kier alpha value is -3.38. The number of aromatic amines is 1. The van der Waals surface area contributed by atoms with Gasteiger partial charge in [-0.1, -0.05) is 43.3 Å². The zero-order valence-electron chi connectivity index (χ0n) is 16.3. The summed E-state index contributed by atoms with van der Waals surface area (Å²) >= 11 is 0. The van der Waals surface area contributed by atoms with Gasteiger partial charge in [0.2, 0.25) is 11.5 Å². The Morgan fingerprint density at radius 2 is 1.86 bits per heavy atom. The number of aryl methyl sites for hydroxylation is 1. The third-order valence-corrected chi connectivity index (χ3v) is 4.99. The molecule has 0 amide bonds. The summed E-state index contributed by atoms with van der Waals surface area (Å²) in [7, 11) is 1.54. The smallest absolute Gasteiger partial charge is 0.375 e. The van der Waals surface area contributed by atoms with E-state index in [2.05, 4.69) is 11.9 Å². The molecule has 148 valence electrons. The van der Waals surface area contributed by atoms with Gasteiger partial charge in [-0.25, -0.2) is 4.79 Å². The predicted molar refractivity (Wildman–Crippen MR) is 109 cm³/mol. The molecular formula is C23H21NO5. The van der Waals surface area contributed by atoms with Crippen molar-refractivity contribution < 1.29 is 23.5 Å². The first kappa shape index (κ1) is 19.0. The van der Waals surface area contributed by atoms with E-state index in [0.29, 0.717) is 16.7 Å². The van der Waals surface area contributed by atoms with Crippen LogP contribution in [0.5, 0.6) is 0 Å². The van der Waals surface area contributed by atoms with Crippen LogP contribution in [-0.2, 0) is 22.5 Å². The van der Waals surface area contributed by atoms with Crippen LogP contribution in [0.3, 0.4) is 0 Å². The molecule has 4 aromatic rings. The Balaban J connectivity index is 1.55. The van der Waals surface area contributed by atoms with Crippen molar-refractivity contribution in [3.63, 3.8) is 0 Å². The molecule has 1 N–H and O–H groups in total. The van der Waals surface area contributed by atoms with Crippen molar-refractivity contribution in [3.8, 4) is 0 Å². The van der Waals surface area contributed by atoms with Crippen LogP contribution in [0.1, 0.15) is 39.0 Å². The number of fused-ring (bicyclic) bond motifs is 2.